The number of imidazole rings is 2. The van der Waals surface area contributed by atoms with Gasteiger partial charge in [0.1, 0.15) is 29.9 Å². The van der Waals surface area contributed by atoms with E-state index in [2.05, 4.69) is 41.2 Å². The number of nitrogens with two attached hydrogens (primary N) is 2. The molecule has 0 radical (unpaired) electrons. The van der Waals surface area contributed by atoms with Crippen molar-refractivity contribution >= 4 is 29.5 Å². The lowest BCUT2D eigenvalue weighted by Gasteiger charge is -2.28. The number of carbonyl (C=O) groups excluding carboxylic acids is 5. The lowest BCUT2D eigenvalue weighted by molar-refractivity contribution is -0.135. The Kier molecular flexibility index (Phi) is 13.6. The van der Waals surface area contributed by atoms with E-state index in [0.717, 1.165) is 0 Å². The Morgan fingerprint density at radius 3 is 1.73 bits per heavy atom. The van der Waals surface area contributed by atoms with Crippen LogP contribution in [-0.4, -0.2) is 84.8 Å². The lowest BCUT2D eigenvalue weighted by atomic mass is 9.99. The van der Waals surface area contributed by atoms with Gasteiger partial charge in [-0.25, -0.2) is 9.97 Å². The molecule has 0 bridgehead atoms. The topological polar surface area (TPSA) is 263 Å². The van der Waals surface area contributed by atoms with Gasteiger partial charge in [0.2, 0.25) is 29.5 Å². The minimum atomic E-state index is -1.19. The molecule has 0 fully saturated rings. The number of amides is 5. The molecule has 0 saturated carbocycles. The fourth-order valence-corrected chi connectivity index (χ4v) is 4.96. The Bertz CT molecular complexity index is 1490. The van der Waals surface area contributed by atoms with Crippen LogP contribution in [0.25, 0.3) is 0 Å². The summed E-state index contributed by atoms with van der Waals surface area (Å²) in [6.45, 7) is 7.28. The zero-order chi connectivity index (χ0) is 35.4. The second-order valence-electron chi connectivity index (χ2n) is 12.5. The molecule has 5 atom stereocenters. The number of carbonyl (C=O) groups is 5. The molecule has 48 heavy (non-hydrogen) atoms. The third-order valence-corrected chi connectivity index (χ3v) is 7.57. The van der Waals surface area contributed by atoms with Gasteiger partial charge in [-0.2, -0.15) is 0 Å². The van der Waals surface area contributed by atoms with Crippen molar-refractivity contribution in [3.63, 3.8) is 0 Å². The Labute approximate surface area is 278 Å². The van der Waals surface area contributed by atoms with Crippen LogP contribution in [0.3, 0.4) is 0 Å². The van der Waals surface area contributed by atoms with Crippen LogP contribution < -0.4 is 32.7 Å². The highest BCUT2D eigenvalue weighted by atomic mass is 16.3. The summed E-state index contributed by atoms with van der Waals surface area (Å²) in [6.07, 6.45) is 6.32. The van der Waals surface area contributed by atoms with Gasteiger partial charge in [0.05, 0.1) is 18.7 Å². The number of rotatable bonds is 18. The van der Waals surface area contributed by atoms with Crippen LogP contribution in [0.15, 0.2) is 49.3 Å². The van der Waals surface area contributed by atoms with Crippen LogP contribution in [-0.2, 0) is 43.2 Å². The van der Waals surface area contributed by atoms with Crippen molar-refractivity contribution in [1.82, 2.24) is 41.2 Å². The summed E-state index contributed by atoms with van der Waals surface area (Å²) in [4.78, 5) is 79.7. The summed E-state index contributed by atoms with van der Waals surface area (Å²) in [5, 5.41) is 20.4. The minimum absolute atomic E-state index is 0.0147. The number of H-pyrrole nitrogens is 2. The molecule has 0 saturated heterocycles. The number of nitrogens with zero attached hydrogens (tertiary/aromatic N) is 2. The number of phenolic OH excluding ortho intramolecular Hbond substituents is 1. The van der Waals surface area contributed by atoms with Crippen molar-refractivity contribution in [2.24, 2.45) is 23.3 Å². The van der Waals surface area contributed by atoms with E-state index >= 15 is 0 Å². The van der Waals surface area contributed by atoms with Gasteiger partial charge in [-0.05, 0) is 36.0 Å². The molecule has 3 rings (SSSR count). The Morgan fingerprint density at radius 2 is 1.23 bits per heavy atom. The smallest absolute Gasteiger partial charge is 0.243 e. The molecule has 260 valence electrons. The van der Waals surface area contributed by atoms with E-state index in [1.54, 1.807) is 26.0 Å². The van der Waals surface area contributed by atoms with Gasteiger partial charge in [-0.3, -0.25) is 24.0 Å². The average molecular weight is 667 g/mol. The monoisotopic (exact) mass is 666 g/mol. The molecule has 0 unspecified atom stereocenters. The highest BCUT2D eigenvalue weighted by molar-refractivity contribution is 5.96. The zero-order valence-electron chi connectivity index (χ0n) is 27.5. The van der Waals surface area contributed by atoms with Crippen LogP contribution in [0.4, 0.5) is 0 Å². The summed E-state index contributed by atoms with van der Waals surface area (Å²) in [5.74, 6) is -3.59. The van der Waals surface area contributed by atoms with Gasteiger partial charge in [0, 0.05) is 43.0 Å². The number of benzene rings is 1. The van der Waals surface area contributed by atoms with Gasteiger partial charge in [-0.15, -0.1) is 0 Å². The Hall–Kier alpha value is -5.25. The van der Waals surface area contributed by atoms with Crippen LogP contribution >= 0.6 is 0 Å². The maximum absolute atomic E-state index is 13.7. The molecule has 1 aromatic carbocycles. The summed E-state index contributed by atoms with van der Waals surface area (Å²) in [5.41, 5.74) is 13.4. The Morgan fingerprint density at radius 1 is 0.729 bits per heavy atom. The van der Waals surface area contributed by atoms with Gasteiger partial charge in [0.25, 0.3) is 0 Å². The predicted molar refractivity (Wildman–Crippen MR) is 176 cm³/mol. The van der Waals surface area contributed by atoms with Gasteiger partial charge >= 0.3 is 0 Å². The lowest BCUT2D eigenvalue weighted by Crippen LogP contribution is -2.60. The molecule has 2 heterocycles. The van der Waals surface area contributed by atoms with Gasteiger partial charge in [-0.1, -0.05) is 39.8 Å². The van der Waals surface area contributed by atoms with E-state index in [9.17, 15) is 29.1 Å². The molecular formula is C32H46N10O6. The predicted octanol–water partition coefficient (Wildman–Crippen LogP) is -0.680. The first kappa shape index (κ1) is 37.2. The SMILES string of the molecule is CC(C)C[C@H](N)C(=O)N[C@@H](Cc1ccc(O)cc1)C(=O)N[C@H](C(=O)N[C@@H](Cc1cnc[nH]1)C(=O)N[C@@H](Cc1cnc[nH]1)C(N)=O)C(C)C. The largest absolute Gasteiger partial charge is 0.508 e. The third kappa shape index (κ3) is 11.5. The molecular weight excluding hydrogens is 620 g/mol. The van der Waals surface area contributed by atoms with E-state index in [4.69, 9.17) is 11.5 Å². The number of phenols is 1. The van der Waals surface area contributed by atoms with Crippen LogP contribution in [0, 0.1) is 11.8 Å². The molecule has 2 aromatic heterocycles. The maximum atomic E-state index is 13.7. The van der Waals surface area contributed by atoms with E-state index in [-0.39, 0.29) is 30.9 Å². The summed E-state index contributed by atoms with van der Waals surface area (Å²) < 4.78 is 0. The molecule has 0 aliphatic rings. The fourth-order valence-electron chi connectivity index (χ4n) is 4.96. The molecule has 11 N–H and O–H groups in total. The van der Waals surface area contributed by atoms with Crippen molar-refractivity contribution in [2.45, 2.75) is 83.6 Å². The molecule has 16 nitrogen and oxygen atoms in total. The van der Waals surface area contributed by atoms with Crippen molar-refractivity contribution < 1.29 is 29.1 Å². The highest BCUT2D eigenvalue weighted by Crippen LogP contribution is 2.13. The first-order valence-corrected chi connectivity index (χ1v) is 15.7. The molecule has 0 aliphatic carbocycles. The summed E-state index contributed by atoms with van der Waals surface area (Å²) in [6, 6.07) is 0.760. The molecule has 0 spiro atoms. The average Bonchev–Trinajstić information content (AvgIpc) is 3.74. The standard InChI is InChI=1S/C32H46N10O6/c1-17(2)9-23(33)29(45)40-25(10-19-5-7-22(43)8-6-19)31(47)42-27(18(3)4)32(48)41-26(12-21-14-36-16-38-21)30(46)39-24(28(34)44)11-20-13-35-15-37-20/h5-8,13-18,23-27,43H,9-12,33H2,1-4H3,(H2,34,44)(H,35,37)(H,36,38)(H,39,46)(H,40,45)(H,41,48)(H,42,47)/t23-,24-,25-,26-,27-/m0/s1. The number of primary amides is 1. The Balaban J connectivity index is 1.80. The number of aromatic hydroxyl groups is 1. The van der Waals surface area contributed by atoms with Crippen molar-refractivity contribution in [3.8, 4) is 5.75 Å². The van der Waals surface area contributed by atoms with Gasteiger partial charge < -0.3 is 47.8 Å². The van der Waals surface area contributed by atoms with E-state index in [1.807, 2.05) is 13.8 Å². The van der Waals surface area contributed by atoms with E-state index in [0.29, 0.717) is 23.4 Å². The second kappa shape index (κ2) is 17.6. The third-order valence-electron chi connectivity index (χ3n) is 7.57. The number of hydrogen-bond donors (Lipinski definition) is 9. The number of hydrogen-bond acceptors (Lipinski definition) is 9. The van der Waals surface area contributed by atoms with Crippen LogP contribution in [0.2, 0.25) is 0 Å². The molecule has 0 aliphatic heterocycles. The van der Waals surface area contributed by atoms with Crippen LogP contribution in [0.5, 0.6) is 5.75 Å². The number of aromatic amines is 2. The normalized spacial score (nSPS) is 14.4. The number of nitrogens with one attached hydrogen (secondary N) is 6. The quantitative estimate of drug-likeness (QED) is 0.0831. The van der Waals surface area contributed by atoms with E-state index in [1.165, 1.54) is 37.2 Å². The maximum Gasteiger partial charge on any atom is 0.243 e. The number of aromatic nitrogens is 4. The first-order chi connectivity index (χ1) is 22.7. The first-order valence-electron chi connectivity index (χ1n) is 15.7. The minimum Gasteiger partial charge on any atom is -0.508 e. The summed E-state index contributed by atoms with van der Waals surface area (Å²) in [7, 11) is 0. The van der Waals surface area contributed by atoms with Crippen molar-refractivity contribution in [3.05, 3.63) is 66.3 Å². The highest BCUT2D eigenvalue weighted by Gasteiger charge is 2.33. The molecule has 5 amide bonds. The second-order valence-corrected chi connectivity index (χ2v) is 12.5. The fraction of sp³-hybridized carbons (Fsp3) is 0.469. The van der Waals surface area contributed by atoms with E-state index < -0.39 is 65.7 Å². The zero-order valence-corrected chi connectivity index (χ0v) is 27.5. The van der Waals surface area contributed by atoms with Gasteiger partial charge in [0.15, 0.2) is 0 Å². The molecule has 3 aromatic rings. The van der Waals surface area contributed by atoms with Crippen molar-refractivity contribution in [2.75, 3.05) is 0 Å². The van der Waals surface area contributed by atoms with Crippen LogP contribution in [0.1, 0.15) is 51.1 Å². The summed E-state index contributed by atoms with van der Waals surface area (Å²) >= 11 is 0. The molecule has 16 heteroatoms. The van der Waals surface area contributed by atoms with Crippen molar-refractivity contribution in [1.29, 1.82) is 0 Å².